The number of likely N-dealkylation sites (tertiary alicyclic amines) is 1. The van der Waals surface area contributed by atoms with Gasteiger partial charge < -0.3 is 10.0 Å². The first-order chi connectivity index (χ1) is 12.1. The number of nitrogens with zero attached hydrogens (tertiary/aromatic N) is 4. The number of carbonyl (C=O) groups is 1. The lowest BCUT2D eigenvalue weighted by molar-refractivity contribution is 0.131. The number of benzene rings is 1. The summed E-state index contributed by atoms with van der Waals surface area (Å²) in [6, 6.07) is 9.54. The van der Waals surface area contributed by atoms with Crippen LogP contribution >= 0.6 is 11.6 Å². The molecule has 4 rings (SSSR count). The van der Waals surface area contributed by atoms with Gasteiger partial charge in [0.15, 0.2) is 0 Å². The highest BCUT2D eigenvalue weighted by molar-refractivity contribution is 6.30. The summed E-state index contributed by atoms with van der Waals surface area (Å²) in [5.41, 5.74) is 2.82. The van der Waals surface area contributed by atoms with Crippen LogP contribution in [0, 0.1) is 0 Å². The molecule has 1 amide bonds. The number of fused-ring (bicyclic) bond motifs is 1. The van der Waals surface area contributed by atoms with Crippen molar-refractivity contribution in [1.29, 1.82) is 0 Å². The highest BCUT2D eigenvalue weighted by Crippen LogP contribution is 2.32. The smallest absolute Gasteiger partial charge is 0.407 e. The van der Waals surface area contributed by atoms with Crippen molar-refractivity contribution in [2.75, 3.05) is 13.1 Å². The molecule has 1 aromatic carbocycles. The van der Waals surface area contributed by atoms with E-state index >= 15 is 0 Å². The predicted octanol–water partition coefficient (Wildman–Crippen LogP) is 3.93. The highest BCUT2D eigenvalue weighted by Gasteiger charge is 2.27. The Balaban J connectivity index is 1.77. The maximum atomic E-state index is 11.1. The molecule has 3 heterocycles. The number of rotatable bonds is 2. The Labute approximate surface area is 149 Å². The van der Waals surface area contributed by atoms with E-state index in [9.17, 15) is 4.79 Å². The third-order valence-corrected chi connectivity index (χ3v) is 4.95. The molecule has 0 atom stereocenters. The molecule has 0 unspecified atom stereocenters. The molecule has 0 saturated carbocycles. The Bertz CT molecular complexity index is 914. The van der Waals surface area contributed by atoms with Crippen LogP contribution in [0.1, 0.15) is 24.6 Å². The Morgan fingerprint density at radius 2 is 1.88 bits per heavy atom. The number of pyridine rings is 1. The first kappa shape index (κ1) is 15.9. The van der Waals surface area contributed by atoms with Gasteiger partial charge in [0, 0.05) is 35.9 Å². The lowest BCUT2D eigenvalue weighted by Crippen LogP contribution is -2.37. The van der Waals surface area contributed by atoms with Crippen molar-refractivity contribution in [1.82, 2.24) is 19.4 Å². The zero-order valence-corrected chi connectivity index (χ0v) is 14.2. The molecule has 2 aromatic heterocycles. The summed E-state index contributed by atoms with van der Waals surface area (Å²) < 4.78 is 2.11. The number of hydrogen-bond donors (Lipinski definition) is 1. The summed E-state index contributed by atoms with van der Waals surface area (Å²) in [6.07, 6.45) is 4.21. The van der Waals surface area contributed by atoms with E-state index in [0.717, 1.165) is 35.4 Å². The molecule has 0 bridgehead atoms. The van der Waals surface area contributed by atoms with E-state index in [4.69, 9.17) is 21.7 Å². The summed E-state index contributed by atoms with van der Waals surface area (Å²) in [5, 5.41) is 9.84. The quantitative estimate of drug-likeness (QED) is 0.755. The van der Waals surface area contributed by atoms with Gasteiger partial charge in [0.25, 0.3) is 0 Å². The summed E-state index contributed by atoms with van der Waals surface area (Å²) in [4.78, 5) is 21.7. The van der Waals surface area contributed by atoms with Crippen molar-refractivity contribution >= 4 is 28.7 Å². The molecule has 0 radical (unpaired) electrons. The molecule has 128 valence electrons. The van der Waals surface area contributed by atoms with Gasteiger partial charge in [-0.1, -0.05) is 11.6 Å². The highest BCUT2D eigenvalue weighted by atomic mass is 35.5. The molecule has 1 aliphatic rings. The van der Waals surface area contributed by atoms with Crippen molar-refractivity contribution in [2.24, 2.45) is 0 Å². The third-order valence-electron chi connectivity index (χ3n) is 4.70. The average Bonchev–Trinajstić information content (AvgIpc) is 3.02. The van der Waals surface area contributed by atoms with Gasteiger partial charge in [0.1, 0.15) is 5.82 Å². The second kappa shape index (κ2) is 6.37. The van der Waals surface area contributed by atoms with Crippen molar-refractivity contribution in [3.63, 3.8) is 0 Å². The fraction of sp³-hybridized carbons (Fsp3) is 0.278. The van der Waals surface area contributed by atoms with Gasteiger partial charge in [0.2, 0.25) is 0 Å². The number of halogens is 1. The lowest BCUT2D eigenvalue weighted by atomic mass is 9.96. The topological polar surface area (TPSA) is 71.2 Å². The molecule has 3 aromatic rings. The molecule has 6 nitrogen and oxygen atoms in total. The molecule has 25 heavy (non-hydrogen) atoms. The summed E-state index contributed by atoms with van der Waals surface area (Å²) in [5.74, 6) is 1.16. The van der Waals surface area contributed by atoms with Crippen LogP contribution in [-0.2, 0) is 0 Å². The van der Waals surface area contributed by atoms with Crippen LogP contribution < -0.4 is 0 Å². The molecule has 0 spiro atoms. The van der Waals surface area contributed by atoms with Crippen LogP contribution in [0.3, 0.4) is 0 Å². The first-order valence-electron chi connectivity index (χ1n) is 8.19. The molecule has 7 heteroatoms. The third kappa shape index (κ3) is 2.93. The number of amides is 1. The van der Waals surface area contributed by atoms with Gasteiger partial charge in [-0.3, -0.25) is 9.55 Å². The predicted molar refractivity (Wildman–Crippen MR) is 95.4 cm³/mol. The fourth-order valence-electron chi connectivity index (χ4n) is 3.41. The Hall–Kier alpha value is -2.60. The van der Waals surface area contributed by atoms with Gasteiger partial charge in [-0.2, -0.15) is 0 Å². The fourth-order valence-corrected chi connectivity index (χ4v) is 3.53. The lowest BCUT2D eigenvalue weighted by Gasteiger charge is -2.30. The molecular formula is C18H17ClN4O2. The minimum absolute atomic E-state index is 0.207. The second-order valence-electron chi connectivity index (χ2n) is 6.19. The maximum absolute atomic E-state index is 11.1. The molecule has 1 N–H and O–H groups in total. The van der Waals surface area contributed by atoms with Gasteiger partial charge in [-0.05, 0) is 43.2 Å². The van der Waals surface area contributed by atoms with Gasteiger partial charge >= 0.3 is 6.09 Å². The van der Waals surface area contributed by atoms with Crippen molar-refractivity contribution in [3.05, 3.63) is 53.6 Å². The van der Waals surface area contributed by atoms with E-state index in [1.54, 1.807) is 6.20 Å². The average molecular weight is 357 g/mol. The molecule has 1 aliphatic heterocycles. The number of aromatic nitrogens is 3. The monoisotopic (exact) mass is 356 g/mol. The van der Waals surface area contributed by atoms with Gasteiger partial charge in [-0.15, -0.1) is 0 Å². The Morgan fingerprint density at radius 3 is 2.56 bits per heavy atom. The first-order valence-corrected chi connectivity index (χ1v) is 8.57. The minimum Gasteiger partial charge on any atom is -0.465 e. The van der Waals surface area contributed by atoms with Crippen LogP contribution in [-0.4, -0.2) is 43.7 Å². The molecular weight excluding hydrogens is 340 g/mol. The summed E-state index contributed by atoms with van der Waals surface area (Å²) in [7, 11) is 0. The summed E-state index contributed by atoms with van der Waals surface area (Å²) in [6.45, 7) is 1.06. The number of imidazole rings is 1. The van der Waals surface area contributed by atoms with Crippen LogP contribution in [0.25, 0.3) is 16.7 Å². The largest absolute Gasteiger partial charge is 0.465 e. The van der Waals surface area contributed by atoms with Gasteiger partial charge in [-0.25, -0.2) is 9.78 Å². The second-order valence-corrected chi connectivity index (χ2v) is 6.63. The normalized spacial score (nSPS) is 15.6. The molecule has 0 aliphatic carbocycles. The SMILES string of the molecule is O=C(O)N1CCC(c2nc3ccncc3n2-c2ccc(Cl)cc2)CC1. The van der Waals surface area contributed by atoms with Crippen LogP contribution in [0.5, 0.6) is 0 Å². The number of carboxylic acid groups (broad SMARTS) is 1. The minimum atomic E-state index is -0.853. The maximum Gasteiger partial charge on any atom is 0.407 e. The molecule has 1 fully saturated rings. The summed E-state index contributed by atoms with van der Waals surface area (Å²) >= 11 is 6.03. The van der Waals surface area contributed by atoms with Crippen LogP contribution in [0.15, 0.2) is 42.7 Å². The van der Waals surface area contributed by atoms with E-state index in [1.165, 1.54) is 4.90 Å². The number of hydrogen-bond acceptors (Lipinski definition) is 3. The van der Waals surface area contributed by atoms with E-state index in [0.29, 0.717) is 18.1 Å². The molecule has 1 saturated heterocycles. The zero-order valence-electron chi connectivity index (χ0n) is 13.5. The standard InChI is InChI=1S/C18H17ClN4O2/c19-13-1-3-14(4-2-13)23-16-11-20-8-5-15(16)21-17(23)12-6-9-22(10-7-12)18(24)25/h1-5,8,11-12H,6-7,9-10H2,(H,24,25). The Morgan fingerprint density at radius 1 is 1.16 bits per heavy atom. The van der Waals surface area contributed by atoms with Gasteiger partial charge in [0.05, 0.1) is 17.2 Å². The van der Waals surface area contributed by atoms with Crippen molar-refractivity contribution < 1.29 is 9.90 Å². The van der Waals surface area contributed by atoms with Crippen LogP contribution in [0.4, 0.5) is 4.79 Å². The van der Waals surface area contributed by atoms with Crippen molar-refractivity contribution in [3.8, 4) is 5.69 Å². The van der Waals surface area contributed by atoms with E-state index in [1.807, 2.05) is 36.5 Å². The van der Waals surface area contributed by atoms with E-state index in [-0.39, 0.29) is 5.92 Å². The Kier molecular flexibility index (Phi) is 4.05. The van der Waals surface area contributed by atoms with Crippen LogP contribution in [0.2, 0.25) is 5.02 Å². The van der Waals surface area contributed by atoms with Crippen molar-refractivity contribution in [2.45, 2.75) is 18.8 Å². The number of piperidine rings is 1. The van der Waals surface area contributed by atoms with E-state index in [2.05, 4.69) is 9.55 Å². The zero-order chi connectivity index (χ0) is 17.4. The van der Waals surface area contributed by atoms with E-state index < -0.39 is 6.09 Å².